The van der Waals surface area contributed by atoms with Crippen LogP contribution in [0, 0.1) is 0 Å². The minimum Gasteiger partial charge on any atom is -0.490 e. The maximum atomic E-state index is 5.59. The molecule has 0 spiro atoms. The van der Waals surface area contributed by atoms with Crippen molar-refractivity contribution < 1.29 is 9.47 Å². The third-order valence-electron chi connectivity index (χ3n) is 2.07. The Kier molecular flexibility index (Phi) is 4.04. The van der Waals surface area contributed by atoms with Gasteiger partial charge in [0.05, 0.1) is 13.2 Å². The number of fused-ring (bicyclic) bond motifs is 1. The molecule has 2 N–H and O–H groups in total. The molecular weight excluding hydrogens is 202 g/mol. The Balaban J connectivity index is 0.000000980. The van der Waals surface area contributed by atoms with Gasteiger partial charge >= 0.3 is 0 Å². The highest BCUT2D eigenvalue weighted by Crippen LogP contribution is 2.32. The van der Waals surface area contributed by atoms with Gasteiger partial charge in [-0.1, -0.05) is 12.1 Å². The van der Waals surface area contributed by atoms with Gasteiger partial charge in [0.1, 0.15) is 0 Å². The van der Waals surface area contributed by atoms with Gasteiger partial charge in [-0.05, 0) is 6.07 Å². The number of halogens is 1. The van der Waals surface area contributed by atoms with E-state index < -0.39 is 0 Å². The van der Waals surface area contributed by atoms with E-state index in [9.17, 15) is 0 Å². The van der Waals surface area contributed by atoms with Gasteiger partial charge in [0.2, 0.25) is 0 Å². The molecule has 1 aromatic rings. The van der Waals surface area contributed by atoms with Crippen molar-refractivity contribution >= 4 is 12.4 Å². The molecular formula is C10H14ClNO2. The Labute approximate surface area is 89.6 Å². The van der Waals surface area contributed by atoms with Crippen molar-refractivity contribution in [3.63, 3.8) is 0 Å². The van der Waals surface area contributed by atoms with Crippen LogP contribution in [0.3, 0.4) is 0 Å². The molecule has 0 amide bonds. The second kappa shape index (κ2) is 5.08. The Morgan fingerprint density at radius 3 is 2.79 bits per heavy atom. The maximum absolute atomic E-state index is 5.59. The minimum atomic E-state index is 0. The molecule has 0 bridgehead atoms. The molecule has 0 saturated heterocycles. The number of rotatable bonds is 1. The summed E-state index contributed by atoms with van der Waals surface area (Å²) in [5.74, 6) is 1.64. The molecule has 1 aromatic carbocycles. The Bertz CT molecular complexity index is 304. The highest BCUT2D eigenvalue weighted by atomic mass is 35.5. The summed E-state index contributed by atoms with van der Waals surface area (Å²) in [6.45, 7) is 1.93. The first-order valence-corrected chi connectivity index (χ1v) is 4.49. The third kappa shape index (κ3) is 2.11. The molecule has 0 saturated carbocycles. The van der Waals surface area contributed by atoms with Crippen LogP contribution in [0.2, 0.25) is 0 Å². The fourth-order valence-electron chi connectivity index (χ4n) is 1.41. The average molecular weight is 216 g/mol. The summed E-state index contributed by atoms with van der Waals surface area (Å²) < 4.78 is 11.1. The molecule has 1 aliphatic heterocycles. The van der Waals surface area contributed by atoms with Crippen molar-refractivity contribution in [1.29, 1.82) is 0 Å². The third-order valence-corrected chi connectivity index (χ3v) is 2.07. The fraction of sp³-hybridized carbons (Fsp3) is 0.400. The summed E-state index contributed by atoms with van der Waals surface area (Å²) in [6, 6.07) is 5.82. The summed E-state index contributed by atoms with van der Waals surface area (Å²) in [7, 11) is 0. The number of benzene rings is 1. The lowest BCUT2D eigenvalue weighted by Gasteiger charge is -2.10. The lowest BCUT2D eigenvalue weighted by molar-refractivity contribution is 0.296. The molecule has 0 fully saturated rings. The molecule has 78 valence electrons. The Hall–Kier alpha value is -0.930. The fourth-order valence-corrected chi connectivity index (χ4v) is 1.41. The van der Waals surface area contributed by atoms with Gasteiger partial charge in [0.15, 0.2) is 11.5 Å². The maximum Gasteiger partial charge on any atom is 0.165 e. The van der Waals surface area contributed by atoms with E-state index in [4.69, 9.17) is 15.2 Å². The van der Waals surface area contributed by atoms with Gasteiger partial charge < -0.3 is 15.2 Å². The summed E-state index contributed by atoms with van der Waals surface area (Å²) in [4.78, 5) is 0. The van der Waals surface area contributed by atoms with E-state index in [1.165, 1.54) is 0 Å². The van der Waals surface area contributed by atoms with Crippen LogP contribution >= 0.6 is 12.4 Å². The van der Waals surface area contributed by atoms with Gasteiger partial charge in [-0.25, -0.2) is 0 Å². The number of ether oxygens (including phenoxy) is 2. The monoisotopic (exact) mass is 215 g/mol. The number of hydrogen-bond donors (Lipinski definition) is 1. The molecule has 1 aliphatic rings. The quantitative estimate of drug-likeness (QED) is 0.776. The van der Waals surface area contributed by atoms with E-state index in [0.717, 1.165) is 30.1 Å². The molecule has 1 heterocycles. The molecule has 14 heavy (non-hydrogen) atoms. The first kappa shape index (κ1) is 11.1. The summed E-state index contributed by atoms with van der Waals surface area (Å²) >= 11 is 0. The van der Waals surface area contributed by atoms with Crippen LogP contribution in [0.5, 0.6) is 11.5 Å². The predicted octanol–water partition coefficient (Wildman–Crippen LogP) is 1.73. The van der Waals surface area contributed by atoms with E-state index >= 15 is 0 Å². The van der Waals surface area contributed by atoms with Crippen LogP contribution in [0.15, 0.2) is 18.2 Å². The highest BCUT2D eigenvalue weighted by molar-refractivity contribution is 5.85. The normalized spacial score (nSPS) is 14.1. The predicted molar refractivity (Wildman–Crippen MR) is 57.2 cm³/mol. The van der Waals surface area contributed by atoms with E-state index in [2.05, 4.69) is 0 Å². The highest BCUT2D eigenvalue weighted by Gasteiger charge is 2.12. The van der Waals surface area contributed by atoms with Crippen LogP contribution in [-0.4, -0.2) is 13.2 Å². The molecule has 3 nitrogen and oxygen atoms in total. The van der Waals surface area contributed by atoms with Crippen molar-refractivity contribution in [1.82, 2.24) is 0 Å². The largest absolute Gasteiger partial charge is 0.490 e. The minimum absolute atomic E-state index is 0. The summed E-state index contributed by atoms with van der Waals surface area (Å²) in [5, 5.41) is 0. The molecule has 0 radical (unpaired) electrons. The zero-order valence-electron chi connectivity index (χ0n) is 7.86. The van der Waals surface area contributed by atoms with E-state index in [1.807, 2.05) is 18.2 Å². The molecule has 0 atom stereocenters. The second-order valence-electron chi connectivity index (χ2n) is 3.00. The first-order valence-electron chi connectivity index (χ1n) is 4.49. The van der Waals surface area contributed by atoms with Crippen molar-refractivity contribution in [2.24, 2.45) is 5.73 Å². The SMILES string of the molecule is Cl.NCc1cccc2c1OCCCO2. The smallest absolute Gasteiger partial charge is 0.165 e. The van der Waals surface area contributed by atoms with Crippen LogP contribution in [0.4, 0.5) is 0 Å². The molecule has 2 rings (SSSR count). The van der Waals surface area contributed by atoms with Gasteiger partial charge in [-0.15, -0.1) is 12.4 Å². The van der Waals surface area contributed by atoms with Crippen LogP contribution in [-0.2, 0) is 6.54 Å². The van der Waals surface area contributed by atoms with Crippen molar-refractivity contribution in [3.8, 4) is 11.5 Å². The zero-order valence-corrected chi connectivity index (χ0v) is 8.68. The van der Waals surface area contributed by atoms with Crippen LogP contribution < -0.4 is 15.2 Å². The average Bonchev–Trinajstić information content (AvgIpc) is 2.41. The van der Waals surface area contributed by atoms with E-state index in [-0.39, 0.29) is 12.4 Å². The standard InChI is InChI=1S/C10H13NO2.ClH/c11-7-8-3-1-4-9-10(8)13-6-2-5-12-9;/h1,3-4H,2,5-7,11H2;1H. The summed E-state index contributed by atoms with van der Waals surface area (Å²) in [5.41, 5.74) is 6.60. The zero-order chi connectivity index (χ0) is 9.10. The van der Waals surface area contributed by atoms with Crippen LogP contribution in [0.1, 0.15) is 12.0 Å². The van der Waals surface area contributed by atoms with Gasteiger partial charge in [-0.3, -0.25) is 0 Å². The van der Waals surface area contributed by atoms with Crippen LogP contribution in [0.25, 0.3) is 0 Å². The van der Waals surface area contributed by atoms with E-state index in [1.54, 1.807) is 0 Å². The molecule has 4 heteroatoms. The van der Waals surface area contributed by atoms with E-state index in [0.29, 0.717) is 13.2 Å². The van der Waals surface area contributed by atoms with Gasteiger partial charge in [0, 0.05) is 18.5 Å². The van der Waals surface area contributed by atoms with Crippen molar-refractivity contribution in [2.75, 3.05) is 13.2 Å². The first-order chi connectivity index (χ1) is 6.42. The van der Waals surface area contributed by atoms with Crippen molar-refractivity contribution in [2.45, 2.75) is 13.0 Å². The molecule has 0 aromatic heterocycles. The lowest BCUT2D eigenvalue weighted by Crippen LogP contribution is -2.02. The summed E-state index contributed by atoms with van der Waals surface area (Å²) in [6.07, 6.45) is 0.929. The molecule has 0 aliphatic carbocycles. The lowest BCUT2D eigenvalue weighted by atomic mass is 10.2. The van der Waals surface area contributed by atoms with Crippen molar-refractivity contribution in [3.05, 3.63) is 23.8 Å². The molecule has 0 unspecified atom stereocenters. The topological polar surface area (TPSA) is 44.5 Å². The number of hydrogen-bond acceptors (Lipinski definition) is 3. The van der Waals surface area contributed by atoms with Gasteiger partial charge in [0.25, 0.3) is 0 Å². The Morgan fingerprint density at radius 1 is 1.21 bits per heavy atom. The number of nitrogens with two attached hydrogens (primary N) is 1. The second-order valence-corrected chi connectivity index (χ2v) is 3.00. The van der Waals surface area contributed by atoms with Gasteiger partial charge in [-0.2, -0.15) is 0 Å². The Morgan fingerprint density at radius 2 is 2.00 bits per heavy atom. The number of para-hydroxylation sites is 1.